The molecule has 2 aromatic heterocycles. The van der Waals surface area contributed by atoms with Gasteiger partial charge >= 0.3 is 0 Å². The zero-order chi connectivity index (χ0) is 17.3. The van der Waals surface area contributed by atoms with E-state index in [4.69, 9.17) is 0 Å². The number of rotatable bonds is 5. The number of nitrogens with zero attached hydrogens (tertiary/aromatic N) is 4. The van der Waals surface area contributed by atoms with Gasteiger partial charge in [0.2, 0.25) is 10.0 Å². The molecule has 0 aliphatic rings. The van der Waals surface area contributed by atoms with Crippen LogP contribution >= 0.6 is 0 Å². The van der Waals surface area contributed by atoms with E-state index in [0.717, 1.165) is 10.9 Å². The first-order valence-electron chi connectivity index (χ1n) is 7.32. The van der Waals surface area contributed by atoms with E-state index < -0.39 is 10.0 Å². The van der Waals surface area contributed by atoms with E-state index >= 15 is 0 Å². The zero-order valence-corrected chi connectivity index (χ0v) is 14.4. The van der Waals surface area contributed by atoms with Crippen LogP contribution in [-0.4, -0.2) is 47.0 Å². The van der Waals surface area contributed by atoms with Crippen molar-refractivity contribution in [1.29, 1.82) is 0 Å². The van der Waals surface area contributed by atoms with Gasteiger partial charge in [-0.05, 0) is 24.6 Å². The van der Waals surface area contributed by atoms with Gasteiger partial charge in [-0.25, -0.2) is 22.7 Å². The van der Waals surface area contributed by atoms with Gasteiger partial charge in [-0.1, -0.05) is 12.1 Å². The zero-order valence-electron chi connectivity index (χ0n) is 13.6. The molecule has 0 fully saturated rings. The predicted octanol–water partition coefficient (Wildman–Crippen LogP) is 1.78. The number of aromatic amines is 1. The highest BCUT2D eigenvalue weighted by Gasteiger charge is 2.17. The molecular formula is C15H18N6O2S. The fourth-order valence-corrected chi connectivity index (χ4v) is 3.21. The Hall–Kier alpha value is -2.52. The van der Waals surface area contributed by atoms with Gasteiger partial charge in [0.25, 0.3) is 0 Å². The number of sulfonamides is 1. The van der Waals surface area contributed by atoms with Gasteiger partial charge in [-0.2, -0.15) is 5.10 Å². The molecule has 0 spiro atoms. The third-order valence-corrected chi connectivity index (χ3v) is 5.59. The van der Waals surface area contributed by atoms with E-state index in [1.807, 2.05) is 6.92 Å². The van der Waals surface area contributed by atoms with Crippen LogP contribution in [0.1, 0.15) is 18.5 Å². The second-order valence-electron chi connectivity index (χ2n) is 5.58. The molecule has 1 aromatic carbocycles. The fraction of sp³-hybridized carbons (Fsp3) is 0.267. The molecule has 126 valence electrons. The van der Waals surface area contributed by atoms with Gasteiger partial charge in [0.15, 0.2) is 5.65 Å². The third-order valence-electron chi connectivity index (χ3n) is 3.76. The number of nitrogens with one attached hydrogen (secondary N) is 2. The van der Waals surface area contributed by atoms with Crippen molar-refractivity contribution in [3.63, 3.8) is 0 Å². The molecule has 8 nitrogen and oxygen atoms in total. The maximum atomic E-state index is 12.1. The summed E-state index contributed by atoms with van der Waals surface area (Å²) in [4.78, 5) is 8.60. The predicted molar refractivity (Wildman–Crippen MR) is 91.0 cm³/mol. The van der Waals surface area contributed by atoms with E-state index in [1.165, 1.54) is 24.7 Å². The second-order valence-corrected chi connectivity index (χ2v) is 7.73. The Kier molecular flexibility index (Phi) is 4.20. The summed E-state index contributed by atoms with van der Waals surface area (Å²) in [6, 6.07) is 6.74. The molecule has 1 unspecified atom stereocenters. The van der Waals surface area contributed by atoms with Gasteiger partial charge in [0.1, 0.15) is 12.1 Å². The van der Waals surface area contributed by atoms with Crippen LogP contribution in [0.2, 0.25) is 0 Å². The molecule has 0 aliphatic carbocycles. The highest BCUT2D eigenvalue weighted by molar-refractivity contribution is 7.89. The molecule has 3 aromatic rings. The lowest BCUT2D eigenvalue weighted by atomic mass is 10.1. The summed E-state index contributed by atoms with van der Waals surface area (Å²) in [6.45, 7) is 1.98. The second kappa shape index (κ2) is 6.17. The van der Waals surface area contributed by atoms with Crippen molar-refractivity contribution < 1.29 is 8.42 Å². The van der Waals surface area contributed by atoms with Gasteiger partial charge in [-0.3, -0.25) is 5.10 Å². The SMILES string of the molecule is CC(Nc1ncnc2[nH]ncc12)c1ccc(S(=O)(=O)N(C)C)cc1. The van der Waals surface area contributed by atoms with Crippen molar-refractivity contribution in [2.75, 3.05) is 19.4 Å². The van der Waals surface area contributed by atoms with E-state index in [9.17, 15) is 8.42 Å². The van der Waals surface area contributed by atoms with Crippen LogP contribution in [0.15, 0.2) is 41.7 Å². The van der Waals surface area contributed by atoms with Gasteiger partial charge in [0.05, 0.1) is 16.5 Å². The highest BCUT2D eigenvalue weighted by Crippen LogP contribution is 2.24. The number of aromatic nitrogens is 4. The lowest BCUT2D eigenvalue weighted by Gasteiger charge is -2.16. The minimum absolute atomic E-state index is 0.0610. The number of hydrogen-bond acceptors (Lipinski definition) is 6. The van der Waals surface area contributed by atoms with Crippen molar-refractivity contribution >= 4 is 26.9 Å². The normalized spacial score (nSPS) is 13.3. The largest absolute Gasteiger partial charge is 0.363 e. The number of fused-ring (bicyclic) bond motifs is 1. The quantitative estimate of drug-likeness (QED) is 0.730. The Morgan fingerprint density at radius 2 is 1.88 bits per heavy atom. The van der Waals surface area contributed by atoms with Crippen LogP contribution in [-0.2, 0) is 10.0 Å². The van der Waals surface area contributed by atoms with Crippen molar-refractivity contribution in [3.05, 3.63) is 42.4 Å². The monoisotopic (exact) mass is 346 g/mol. The Morgan fingerprint density at radius 1 is 1.17 bits per heavy atom. The topological polar surface area (TPSA) is 104 Å². The maximum absolute atomic E-state index is 12.1. The van der Waals surface area contributed by atoms with Crippen LogP contribution < -0.4 is 5.32 Å². The number of hydrogen-bond donors (Lipinski definition) is 2. The molecule has 2 heterocycles. The fourth-order valence-electron chi connectivity index (χ4n) is 2.31. The van der Waals surface area contributed by atoms with Crippen molar-refractivity contribution in [1.82, 2.24) is 24.5 Å². The first kappa shape index (κ1) is 16.3. The van der Waals surface area contributed by atoms with Crippen LogP contribution in [0.3, 0.4) is 0 Å². The smallest absolute Gasteiger partial charge is 0.242 e. The van der Waals surface area contributed by atoms with Crippen LogP contribution in [0.4, 0.5) is 5.82 Å². The molecule has 0 saturated heterocycles. The van der Waals surface area contributed by atoms with Gasteiger partial charge in [-0.15, -0.1) is 0 Å². The Balaban J connectivity index is 1.83. The molecule has 0 amide bonds. The standard InChI is InChI=1S/C15H18N6O2S/c1-10(19-14-13-8-18-20-15(13)17-9-16-14)11-4-6-12(7-5-11)24(22,23)21(2)3/h4-10H,1-3H3,(H2,16,17,18,19,20). The van der Waals surface area contributed by atoms with Crippen LogP contribution in [0.25, 0.3) is 11.0 Å². The summed E-state index contributed by atoms with van der Waals surface area (Å²) in [5, 5.41) is 10.9. The Labute approximate surface area is 140 Å². The van der Waals surface area contributed by atoms with Gasteiger partial charge < -0.3 is 5.32 Å². The van der Waals surface area contributed by atoms with Crippen LogP contribution in [0.5, 0.6) is 0 Å². The van der Waals surface area contributed by atoms with E-state index in [-0.39, 0.29) is 10.9 Å². The molecule has 0 aliphatic heterocycles. The first-order chi connectivity index (χ1) is 11.4. The first-order valence-corrected chi connectivity index (χ1v) is 8.76. The average Bonchev–Trinajstić information content (AvgIpc) is 3.04. The molecular weight excluding hydrogens is 328 g/mol. The minimum atomic E-state index is -3.42. The lowest BCUT2D eigenvalue weighted by Crippen LogP contribution is -2.22. The van der Waals surface area contributed by atoms with Crippen molar-refractivity contribution in [2.24, 2.45) is 0 Å². The Morgan fingerprint density at radius 3 is 2.54 bits per heavy atom. The van der Waals surface area contributed by atoms with E-state index in [2.05, 4.69) is 25.5 Å². The highest BCUT2D eigenvalue weighted by atomic mass is 32.2. The molecule has 1 atom stereocenters. The molecule has 2 N–H and O–H groups in total. The molecule has 24 heavy (non-hydrogen) atoms. The average molecular weight is 346 g/mol. The van der Waals surface area contributed by atoms with Gasteiger partial charge in [0, 0.05) is 20.1 Å². The Bertz CT molecular complexity index is 950. The molecule has 0 saturated carbocycles. The van der Waals surface area contributed by atoms with E-state index in [0.29, 0.717) is 11.5 Å². The summed E-state index contributed by atoms with van der Waals surface area (Å²) in [6.07, 6.45) is 3.12. The number of H-pyrrole nitrogens is 1. The summed E-state index contributed by atoms with van der Waals surface area (Å²) in [7, 11) is -0.394. The van der Waals surface area contributed by atoms with Crippen LogP contribution in [0, 0.1) is 0 Å². The number of anilines is 1. The summed E-state index contributed by atoms with van der Waals surface area (Å²) in [5.41, 5.74) is 1.61. The number of benzene rings is 1. The molecule has 0 radical (unpaired) electrons. The lowest BCUT2D eigenvalue weighted by molar-refractivity contribution is 0.520. The molecule has 0 bridgehead atoms. The summed E-state index contributed by atoms with van der Waals surface area (Å²) < 4.78 is 25.4. The van der Waals surface area contributed by atoms with Crippen molar-refractivity contribution in [3.8, 4) is 0 Å². The third kappa shape index (κ3) is 2.95. The summed E-state index contributed by atoms with van der Waals surface area (Å²) in [5.74, 6) is 0.672. The molecule has 3 rings (SSSR count). The minimum Gasteiger partial charge on any atom is -0.363 e. The van der Waals surface area contributed by atoms with Crippen molar-refractivity contribution in [2.45, 2.75) is 17.9 Å². The maximum Gasteiger partial charge on any atom is 0.242 e. The van der Waals surface area contributed by atoms with E-state index in [1.54, 1.807) is 30.5 Å². The summed E-state index contributed by atoms with van der Waals surface area (Å²) >= 11 is 0. The molecule has 9 heteroatoms.